The molecular weight excluding hydrogens is 244 g/mol. The number of ether oxygens (including phenoxy) is 2. The molecule has 0 aromatic carbocycles. The van der Waals surface area contributed by atoms with Gasteiger partial charge in [0.15, 0.2) is 0 Å². The predicted octanol–water partition coefficient (Wildman–Crippen LogP) is 1.27. The standard InChI is InChI=1S/C14H30N2O3/c1-7-19-13(17)14(4,15-12(2)3)11-16(5)9-8-10-18-6/h12,15H,7-11H2,1-6H3. The fourth-order valence-electron chi connectivity index (χ4n) is 2.19. The van der Waals surface area contributed by atoms with Crippen molar-refractivity contribution in [2.24, 2.45) is 0 Å². The lowest BCUT2D eigenvalue weighted by Gasteiger charge is -2.34. The average Bonchev–Trinajstić information content (AvgIpc) is 2.28. The van der Waals surface area contributed by atoms with Gasteiger partial charge in [0.25, 0.3) is 0 Å². The summed E-state index contributed by atoms with van der Waals surface area (Å²) in [5.41, 5.74) is -0.675. The highest BCUT2D eigenvalue weighted by Gasteiger charge is 2.36. The van der Waals surface area contributed by atoms with Crippen LogP contribution < -0.4 is 5.32 Å². The van der Waals surface area contributed by atoms with E-state index >= 15 is 0 Å². The maximum Gasteiger partial charge on any atom is 0.327 e. The zero-order valence-electron chi connectivity index (χ0n) is 13.3. The largest absolute Gasteiger partial charge is 0.465 e. The maximum absolute atomic E-state index is 12.1. The van der Waals surface area contributed by atoms with Gasteiger partial charge in [0.1, 0.15) is 5.54 Å². The van der Waals surface area contributed by atoms with Crippen LogP contribution in [0.2, 0.25) is 0 Å². The smallest absolute Gasteiger partial charge is 0.327 e. The van der Waals surface area contributed by atoms with Gasteiger partial charge in [0, 0.05) is 32.8 Å². The van der Waals surface area contributed by atoms with Crippen molar-refractivity contribution in [3.63, 3.8) is 0 Å². The van der Waals surface area contributed by atoms with E-state index in [-0.39, 0.29) is 12.0 Å². The Bertz CT molecular complexity index is 259. The third-order valence-corrected chi connectivity index (χ3v) is 2.81. The Hall–Kier alpha value is -0.650. The minimum Gasteiger partial charge on any atom is -0.465 e. The number of nitrogens with zero attached hydrogens (tertiary/aromatic N) is 1. The first-order valence-electron chi connectivity index (χ1n) is 6.98. The molecule has 0 aliphatic carbocycles. The Morgan fingerprint density at radius 3 is 2.53 bits per heavy atom. The van der Waals surface area contributed by atoms with Crippen LogP contribution in [0.5, 0.6) is 0 Å². The van der Waals surface area contributed by atoms with Gasteiger partial charge in [-0.2, -0.15) is 0 Å². The second-order valence-electron chi connectivity index (χ2n) is 5.44. The second-order valence-corrected chi connectivity index (χ2v) is 5.44. The van der Waals surface area contributed by atoms with Gasteiger partial charge in [-0.15, -0.1) is 0 Å². The lowest BCUT2D eigenvalue weighted by Crippen LogP contribution is -2.59. The van der Waals surface area contributed by atoms with Crippen molar-refractivity contribution < 1.29 is 14.3 Å². The molecule has 5 nitrogen and oxygen atoms in total. The molecule has 1 unspecified atom stereocenters. The quantitative estimate of drug-likeness (QED) is 0.480. The summed E-state index contributed by atoms with van der Waals surface area (Å²) in [6.07, 6.45) is 0.952. The van der Waals surface area contributed by atoms with E-state index in [2.05, 4.69) is 10.2 Å². The van der Waals surface area contributed by atoms with Crippen LogP contribution >= 0.6 is 0 Å². The third-order valence-electron chi connectivity index (χ3n) is 2.81. The molecule has 0 amide bonds. The molecule has 114 valence electrons. The van der Waals surface area contributed by atoms with Crippen LogP contribution in [0.1, 0.15) is 34.1 Å². The highest BCUT2D eigenvalue weighted by atomic mass is 16.5. The summed E-state index contributed by atoms with van der Waals surface area (Å²) < 4.78 is 10.2. The second kappa shape index (κ2) is 9.28. The summed E-state index contributed by atoms with van der Waals surface area (Å²) in [4.78, 5) is 14.3. The molecule has 0 heterocycles. The van der Waals surface area contributed by atoms with Crippen LogP contribution in [0.25, 0.3) is 0 Å². The fourth-order valence-corrected chi connectivity index (χ4v) is 2.19. The first-order valence-corrected chi connectivity index (χ1v) is 6.98. The van der Waals surface area contributed by atoms with Gasteiger partial charge >= 0.3 is 5.97 Å². The van der Waals surface area contributed by atoms with Gasteiger partial charge in [0.2, 0.25) is 0 Å². The monoisotopic (exact) mass is 274 g/mol. The van der Waals surface area contributed by atoms with E-state index in [0.29, 0.717) is 13.2 Å². The minimum absolute atomic E-state index is 0.192. The van der Waals surface area contributed by atoms with Crippen LogP contribution in [0, 0.1) is 0 Å². The summed E-state index contributed by atoms with van der Waals surface area (Å²) in [6.45, 7) is 10.4. The Kier molecular flexibility index (Phi) is 8.97. The molecule has 0 aromatic rings. The molecule has 1 atom stereocenters. The topological polar surface area (TPSA) is 50.8 Å². The number of methoxy groups -OCH3 is 1. The molecule has 0 rings (SSSR count). The van der Waals surface area contributed by atoms with E-state index < -0.39 is 5.54 Å². The highest BCUT2D eigenvalue weighted by molar-refractivity contribution is 5.80. The van der Waals surface area contributed by atoms with E-state index in [4.69, 9.17) is 9.47 Å². The first kappa shape index (κ1) is 18.4. The van der Waals surface area contributed by atoms with E-state index in [0.717, 1.165) is 19.6 Å². The summed E-state index contributed by atoms with van der Waals surface area (Å²) >= 11 is 0. The molecule has 19 heavy (non-hydrogen) atoms. The van der Waals surface area contributed by atoms with Crippen molar-refractivity contribution in [2.75, 3.05) is 40.5 Å². The lowest BCUT2D eigenvalue weighted by molar-refractivity contribution is -0.151. The molecule has 0 saturated heterocycles. The maximum atomic E-state index is 12.1. The minimum atomic E-state index is -0.675. The number of carbonyl (C=O) groups excluding carboxylic acids is 1. The van der Waals surface area contributed by atoms with Crippen molar-refractivity contribution in [3.05, 3.63) is 0 Å². The van der Waals surface area contributed by atoms with E-state index in [1.54, 1.807) is 7.11 Å². The zero-order valence-corrected chi connectivity index (χ0v) is 13.3. The first-order chi connectivity index (χ1) is 8.85. The van der Waals surface area contributed by atoms with Crippen molar-refractivity contribution in [3.8, 4) is 0 Å². The van der Waals surface area contributed by atoms with Crippen molar-refractivity contribution in [1.82, 2.24) is 10.2 Å². The number of esters is 1. The molecule has 0 aliphatic rings. The van der Waals surface area contributed by atoms with Gasteiger partial charge in [0.05, 0.1) is 6.61 Å². The number of nitrogens with one attached hydrogen (secondary N) is 1. The van der Waals surface area contributed by atoms with E-state index in [1.165, 1.54) is 0 Å². The SMILES string of the molecule is CCOC(=O)C(C)(CN(C)CCCOC)NC(C)C. The van der Waals surface area contributed by atoms with Crippen molar-refractivity contribution in [2.45, 2.75) is 45.7 Å². The van der Waals surface area contributed by atoms with Gasteiger partial charge < -0.3 is 14.4 Å². The molecule has 0 saturated carbocycles. The Morgan fingerprint density at radius 1 is 1.42 bits per heavy atom. The van der Waals surface area contributed by atoms with Crippen molar-refractivity contribution in [1.29, 1.82) is 0 Å². The Labute approximate surface area is 117 Å². The fraction of sp³-hybridized carbons (Fsp3) is 0.929. The normalized spacial score (nSPS) is 14.7. The highest BCUT2D eigenvalue weighted by Crippen LogP contribution is 2.11. The molecule has 0 radical (unpaired) electrons. The van der Waals surface area contributed by atoms with Crippen molar-refractivity contribution >= 4 is 5.97 Å². The van der Waals surface area contributed by atoms with E-state index in [9.17, 15) is 4.79 Å². The van der Waals surface area contributed by atoms with E-state index in [1.807, 2.05) is 34.7 Å². The third kappa shape index (κ3) is 7.50. The molecule has 0 fully saturated rings. The molecule has 1 N–H and O–H groups in total. The predicted molar refractivity (Wildman–Crippen MR) is 77.3 cm³/mol. The van der Waals surface area contributed by atoms with Crippen LogP contribution in [0.4, 0.5) is 0 Å². The number of hydrogen-bond donors (Lipinski definition) is 1. The summed E-state index contributed by atoms with van der Waals surface area (Å²) in [5.74, 6) is -0.192. The van der Waals surface area contributed by atoms with Crippen LogP contribution in [-0.4, -0.2) is 62.9 Å². The van der Waals surface area contributed by atoms with Gasteiger partial charge in [-0.1, -0.05) is 0 Å². The van der Waals surface area contributed by atoms with Crippen LogP contribution in [-0.2, 0) is 14.3 Å². The number of rotatable bonds is 10. The Balaban J connectivity index is 4.52. The van der Waals surface area contributed by atoms with Gasteiger partial charge in [-0.05, 0) is 41.2 Å². The zero-order chi connectivity index (χ0) is 14.9. The van der Waals surface area contributed by atoms with Crippen LogP contribution in [0.15, 0.2) is 0 Å². The molecule has 0 spiro atoms. The Morgan fingerprint density at radius 2 is 2.05 bits per heavy atom. The number of hydrogen-bond acceptors (Lipinski definition) is 5. The average molecular weight is 274 g/mol. The summed E-state index contributed by atoms with van der Waals surface area (Å²) in [7, 11) is 3.71. The molecule has 0 aromatic heterocycles. The molecule has 0 bridgehead atoms. The number of carbonyl (C=O) groups is 1. The lowest BCUT2D eigenvalue weighted by atomic mass is 10.0. The number of likely N-dealkylation sites (N-methyl/N-ethyl adjacent to an activating group) is 1. The molecular formula is C14H30N2O3. The molecule has 0 aliphatic heterocycles. The molecule has 5 heteroatoms. The van der Waals surface area contributed by atoms with Gasteiger partial charge in [-0.3, -0.25) is 10.1 Å². The summed E-state index contributed by atoms with van der Waals surface area (Å²) in [6, 6.07) is 0.224. The van der Waals surface area contributed by atoms with Crippen LogP contribution in [0.3, 0.4) is 0 Å². The van der Waals surface area contributed by atoms with Gasteiger partial charge in [-0.25, -0.2) is 0 Å². The summed E-state index contributed by atoms with van der Waals surface area (Å²) in [5, 5.41) is 3.31.